The predicted molar refractivity (Wildman–Crippen MR) is 69.8 cm³/mol. The second-order valence-corrected chi connectivity index (χ2v) is 5.79. The highest BCUT2D eigenvalue weighted by Gasteiger charge is 2.16. The van der Waals surface area contributed by atoms with E-state index in [4.69, 9.17) is 5.26 Å². The summed E-state index contributed by atoms with van der Waals surface area (Å²) in [5, 5.41) is 12.2. The average Bonchev–Trinajstić information content (AvgIpc) is 2.27. The van der Waals surface area contributed by atoms with Crippen molar-refractivity contribution in [1.82, 2.24) is 4.98 Å². The second-order valence-electron chi connectivity index (χ2n) is 4.28. The normalized spacial score (nSPS) is 10.9. The number of thioether (sulfide) groups is 1. The quantitative estimate of drug-likeness (QED) is 0.871. The van der Waals surface area contributed by atoms with E-state index in [1.54, 1.807) is 17.8 Å². The van der Waals surface area contributed by atoms with Crippen LogP contribution in [0.1, 0.15) is 25.1 Å². The molecule has 0 aliphatic heterocycles. The largest absolute Gasteiger partial charge is 0.368 e. The number of aryl methyl sites for hydroxylation is 1. The zero-order valence-corrected chi connectivity index (χ0v) is 11.0. The molecule has 0 atom stereocenters. The summed E-state index contributed by atoms with van der Waals surface area (Å²) >= 11 is 1.79. The van der Waals surface area contributed by atoms with Crippen LogP contribution in [0, 0.1) is 18.3 Å². The van der Waals surface area contributed by atoms with Crippen molar-refractivity contribution >= 4 is 17.6 Å². The molecule has 0 unspecified atom stereocenters. The van der Waals surface area contributed by atoms with Crippen LogP contribution in [0.3, 0.4) is 0 Å². The van der Waals surface area contributed by atoms with E-state index >= 15 is 0 Å². The lowest BCUT2D eigenvalue weighted by Crippen LogP contribution is -2.26. The number of nitrogens with one attached hydrogen (secondary N) is 1. The first-order valence-electron chi connectivity index (χ1n) is 5.15. The van der Waals surface area contributed by atoms with Crippen LogP contribution in [0.15, 0.2) is 12.1 Å². The van der Waals surface area contributed by atoms with Gasteiger partial charge < -0.3 is 5.32 Å². The molecule has 0 aliphatic rings. The number of nitriles is 1. The van der Waals surface area contributed by atoms with Gasteiger partial charge in [0.15, 0.2) is 0 Å². The zero-order chi connectivity index (χ0) is 12.2. The Morgan fingerprint density at radius 1 is 1.50 bits per heavy atom. The van der Waals surface area contributed by atoms with E-state index in [0.717, 1.165) is 12.2 Å². The van der Waals surface area contributed by atoms with E-state index in [0.29, 0.717) is 11.4 Å². The number of hydrogen-bond donors (Lipinski definition) is 1. The summed E-state index contributed by atoms with van der Waals surface area (Å²) in [7, 11) is 0. The van der Waals surface area contributed by atoms with Gasteiger partial charge in [0.1, 0.15) is 11.9 Å². The van der Waals surface area contributed by atoms with Crippen LogP contribution in [0.2, 0.25) is 0 Å². The van der Waals surface area contributed by atoms with Gasteiger partial charge in [-0.1, -0.05) is 0 Å². The Bertz CT molecular complexity index is 407. The summed E-state index contributed by atoms with van der Waals surface area (Å²) in [6.45, 7) is 7.03. The lowest BCUT2D eigenvalue weighted by molar-refractivity contribution is 0.749. The first-order valence-corrected chi connectivity index (χ1v) is 6.38. The Hall–Kier alpha value is -1.21. The molecular weight excluding hydrogens is 218 g/mol. The van der Waals surface area contributed by atoms with Gasteiger partial charge in [-0.05, 0) is 39.2 Å². The van der Waals surface area contributed by atoms with Crippen LogP contribution >= 0.6 is 11.8 Å². The van der Waals surface area contributed by atoms with Gasteiger partial charge in [0.05, 0.1) is 5.56 Å². The molecule has 1 heterocycles. The standard InChI is InChI=1S/C12H17N3S/c1-9-5-6-10(7-13)11(15-9)14-8-12(2,3)16-4/h5-6H,8H2,1-4H3,(H,14,15). The molecule has 3 nitrogen and oxygen atoms in total. The Labute approximate surface area is 101 Å². The maximum absolute atomic E-state index is 8.96. The lowest BCUT2D eigenvalue weighted by atomic mass is 10.2. The van der Waals surface area contributed by atoms with Crippen LogP contribution < -0.4 is 5.32 Å². The number of nitrogens with zero attached hydrogens (tertiary/aromatic N) is 2. The lowest BCUT2D eigenvalue weighted by Gasteiger charge is -2.22. The molecule has 86 valence electrons. The van der Waals surface area contributed by atoms with Crippen LogP contribution in [0.5, 0.6) is 0 Å². The molecule has 0 aliphatic carbocycles. The highest BCUT2D eigenvalue weighted by molar-refractivity contribution is 7.99. The van der Waals surface area contributed by atoms with Gasteiger partial charge in [0, 0.05) is 17.0 Å². The van der Waals surface area contributed by atoms with Crippen molar-refractivity contribution in [2.75, 3.05) is 18.1 Å². The molecule has 0 bridgehead atoms. The van der Waals surface area contributed by atoms with E-state index in [-0.39, 0.29) is 4.75 Å². The van der Waals surface area contributed by atoms with Crippen LogP contribution in [-0.2, 0) is 0 Å². The van der Waals surface area contributed by atoms with E-state index in [2.05, 4.69) is 36.5 Å². The highest BCUT2D eigenvalue weighted by Crippen LogP contribution is 2.22. The fourth-order valence-electron chi connectivity index (χ4n) is 1.15. The fraction of sp³-hybridized carbons (Fsp3) is 0.500. The Balaban J connectivity index is 2.81. The molecule has 0 aromatic carbocycles. The van der Waals surface area contributed by atoms with E-state index in [9.17, 15) is 0 Å². The van der Waals surface area contributed by atoms with Gasteiger partial charge >= 0.3 is 0 Å². The molecule has 1 N–H and O–H groups in total. The third kappa shape index (κ3) is 3.42. The Morgan fingerprint density at radius 3 is 2.75 bits per heavy atom. The van der Waals surface area contributed by atoms with Gasteiger partial charge in [0.25, 0.3) is 0 Å². The number of aromatic nitrogens is 1. The van der Waals surface area contributed by atoms with Gasteiger partial charge in [-0.25, -0.2) is 4.98 Å². The molecule has 1 aromatic rings. The minimum atomic E-state index is 0.137. The molecule has 16 heavy (non-hydrogen) atoms. The van der Waals surface area contributed by atoms with Gasteiger partial charge in [-0.3, -0.25) is 0 Å². The van der Waals surface area contributed by atoms with Crippen molar-refractivity contribution in [3.8, 4) is 6.07 Å². The van der Waals surface area contributed by atoms with Gasteiger partial charge in [-0.2, -0.15) is 17.0 Å². The molecule has 0 fully saturated rings. The maximum atomic E-state index is 8.96. The van der Waals surface area contributed by atoms with Crippen molar-refractivity contribution in [3.05, 3.63) is 23.4 Å². The summed E-state index contributed by atoms with van der Waals surface area (Å²) in [5.41, 5.74) is 1.52. The monoisotopic (exact) mass is 235 g/mol. The summed E-state index contributed by atoms with van der Waals surface area (Å²) in [6.07, 6.45) is 2.08. The van der Waals surface area contributed by atoms with Crippen molar-refractivity contribution in [2.24, 2.45) is 0 Å². The molecule has 0 amide bonds. The minimum Gasteiger partial charge on any atom is -0.368 e. The van der Waals surface area contributed by atoms with Crippen molar-refractivity contribution in [1.29, 1.82) is 5.26 Å². The molecule has 1 aromatic heterocycles. The number of pyridine rings is 1. The van der Waals surface area contributed by atoms with Crippen molar-refractivity contribution in [3.63, 3.8) is 0 Å². The smallest absolute Gasteiger partial charge is 0.144 e. The summed E-state index contributed by atoms with van der Waals surface area (Å²) in [5.74, 6) is 0.685. The first kappa shape index (κ1) is 12.9. The highest BCUT2D eigenvalue weighted by atomic mass is 32.2. The molecule has 0 saturated carbocycles. The topological polar surface area (TPSA) is 48.7 Å². The summed E-state index contributed by atoms with van der Waals surface area (Å²) in [4.78, 5) is 4.34. The Morgan fingerprint density at radius 2 is 2.19 bits per heavy atom. The summed E-state index contributed by atoms with van der Waals surface area (Å²) < 4.78 is 0.137. The fourth-order valence-corrected chi connectivity index (χ4v) is 1.37. The SMILES string of the molecule is CSC(C)(C)CNc1nc(C)ccc1C#N. The minimum absolute atomic E-state index is 0.137. The molecule has 4 heteroatoms. The number of hydrogen-bond acceptors (Lipinski definition) is 4. The van der Waals surface area contributed by atoms with Gasteiger partial charge in [0.2, 0.25) is 0 Å². The number of anilines is 1. The van der Waals surface area contributed by atoms with Crippen molar-refractivity contribution < 1.29 is 0 Å². The number of rotatable bonds is 4. The maximum Gasteiger partial charge on any atom is 0.144 e. The van der Waals surface area contributed by atoms with Gasteiger partial charge in [-0.15, -0.1) is 0 Å². The molecule has 0 saturated heterocycles. The Kier molecular flexibility index (Phi) is 4.19. The molecule has 0 spiro atoms. The van der Waals surface area contributed by atoms with E-state index in [1.807, 2.05) is 13.0 Å². The summed E-state index contributed by atoms with van der Waals surface area (Å²) in [6, 6.07) is 5.80. The van der Waals surface area contributed by atoms with Crippen LogP contribution in [0.25, 0.3) is 0 Å². The third-order valence-corrected chi connectivity index (χ3v) is 3.64. The predicted octanol–water partition coefficient (Wildman–Crippen LogP) is 2.82. The zero-order valence-electron chi connectivity index (χ0n) is 10.2. The molecule has 1 rings (SSSR count). The van der Waals surface area contributed by atoms with Crippen LogP contribution in [0.4, 0.5) is 5.82 Å². The molecular formula is C12H17N3S. The first-order chi connectivity index (χ1) is 7.48. The molecule has 0 radical (unpaired) electrons. The van der Waals surface area contributed by atoms with Crippen molar-refractivity contribution in [2.45, 2.75) is 25.5 Å². The average molecular weight is 235 g/mol. The second kappa shape index (κ2) is 5.22. The third-order valence-electron chi connectivity index (χ3n) is 2.39. The van der Waals surface area contributed by atoms with E-state index < -0.39 is 0 Å². The van der Waals surface area contributed by atoms with Crippen LogP contribution in [-0.4, -0.2) is 22.5 Å². The van der Waals surface area contributed by atoms with E-state index in [1.165, 1.54) is 0 Å².